The Labute approximate surface area is 121 Å². The van der Waals surface area contributed by atoms with Crippen molar-refractivity contribution in [3.63, 3.8) is 0 Å². The first kappa shape index (κ1) is 17.0. The van der Waals surface area contributed by atoms with Gasteiger partial charge in [-0.05, 0) is 31.5 Å². The molecule has 0 fully saturated rings. The Balaban J connectivity index is 2.67. The Morgan fingerprint density at radius 1 is 1.25 bits per heavy atom. The first-order chi connectivity index (χ1) is 9.34. The zero-order chi connectivity index (χ0) is 15.2. The summed E-state index contributed by atoms with van der Waals surface area (Å²) in [6.45, 7) is 4.15. The van der Waals surface area contributed by atoms with E-state index < -0.39 is 15.7 Å². The number of anilines is 1. The lowest BCUT2D eigenvalue weighted by molar-refractivity contribution is 0.584. The van der Waals surface area contributed by atoms with Gasteiger partial charge >= 0.3 is 0 Å². The van der Waals surface area contributed by atoms with E-state index in [9.17, 15) is 12.8 Å². The van der Waals surface area contributed by atoms with Gasteiger partial charge in [-0.2, -0.15) is 0 Å². The molecule has 0 aromatic heterocycles. The average molecular weight is 301 g/mol. The molecule has 0 amide bonds. The lowest BCUT2D eigenvalue weighted by Crippen LogP contribution is -2.16. The molecule has 5 heteroatoms. The minimum Gasteiger partial charge on any atom is -0.380 e. The molecule has 0 heterocycles. The smallest absolute Gasteiger partial charge is 0.175 e. The van der Waals surface area contributed by atoms with E-state index in [1.54, 1.807) is 0 Å². The number of hydrogen-bond acceptors (Lipinski definition) is 3. The van der Waals surface area contributed by atoms with Crippen LogP contribution in [-0.2, 0) is 9.84 Å². The summed E-state index contributed by atoms with van der Waals surface area (Å²) in [5.74, 6) is -0.419. The highest BCUT2D eigenvalue weighted by Gasteiger charge is 2.12. The van der Waals surface area contributed by atoms with E-state index in [0.717, 1.165) is 19.1 Å². The van der Waals surface area contributed by atoms with Crippen molar-refractivity contribution in [2.45, 2.75) is 56.9 Å². The van der Waals surface area contributed by atoms with Crippen molar-refractivity contribution in [3.05, 3.63) is 24.0 Å². The molecule has 0 bridgehead atoms. The lowest BCUT2D eigenvalue weighted by Gasteiger charge is -2.16. The summed E-state index contributed by atoms with van der Waals surface area (Å²) in [6, 6.07) is 3.98. The molecule has 0 aliphatic heterocycles. The Kier molecular flexibility index (Phi) is 6.46. The third kappa shape index (κ3) is 5.49. The molecule has 1 N–H and O–H groups in total. The number of nitrogens with one attached hydrogen (secondary N) is 1. The number of sulfone groups is 1. The molecule has 114 valence electrons. The van der Waals surface area contributed by atoms with Crippen molar-refractivity contribution in [2.24, 2.45) is 0 Å². The number of halogens is 1. The normalized spacial score (nSPS) is 13.2. The van der Waals surface area contributed by atoms with Gasteiger partial charge in [0, 0.05) is 12.3 Å². The van der Waals surface area contributed by atoms with Crippen LogP contribution in [-0.4, -0.2) is 20.7 Å². The molecule has 0 radical (unpaired) electrons. The topological polar surface area (TPSA) is 46.2 Å². The fourth-order valence-electron chi connectivity index (χ4n) is 2.06. The van der Waals surface area contributed by atoms with Gasteiger partial charge in [-0.1, -0.05) is 32.6 Å². The zero-order valence-electron chi connectivity index (χ0n) is 12.4. The van der Waals surface area contributed by atoms with Crippen molar-refractivity contribution in [1.29, 1.82) is 0 Å². The van der Waals surface area contributed by atoms with Crippen molar-refractivity contribution in [3.8, 4) is 0 Å². The lowest BCUT2D eigenvalue weighted by atomic mass is 10.1. The molecule has 0 aliphatic carbocycles. The van der Waals surface area contributed by atoms with Gasteiger partial charge in [0.2, 0.25) is 0 Å². The number of rotatable bonds is 8. The SMILES string of the molecule is CCCCCCC(C)Nc1cc(S(C)(=O)=O)ccc1F. The molecule has 3 nitrogen and oxygen atoms in total. The summed E-state index contributed by atoms with van der Waals surface area (Å²) >= 11 is 0. The van der Waals surface area contributed by atoms with Crippen LogP contribution < -0.4 is 5.32 Å². The second kappa shape index (κ2) is 7.62. The van der Waals surface area contributed by atoms with Crippen molar-refractivity contribution >= 4 is 15.5 Å². The molecule has 0 saturated carbocycles. The summed E-state index contributed by atoms with van der Waals surface area (Å²) in [5.41, 5.74) is 0.260. The molecule has 0 spiro atoms. The largest absolute Gasteiger partial charge is 0.380 e. The minimum absolute atomic E-state index is 0.121. The predicted molar refractivity (Wildman–Crippen MR) is 81.4 cm³/mol. The highest BCUT2D eigenvalue weighted by Crippen LogP contribution is 2.21. The first-order valence-corrected chi connectivity index (χ1v) is 9.00. The third-order valence-corrected chi connectivity index (χ3v) is 4.37. The van der Waals surface area contributed by atoms with Crippen LogP contribution in [0.5, 0.6) is 0 Å². The Morgan fingerprint density at radius 2 is 1.95 bits per heavy atom. The molecule has 1 aromatic carbocycles. The van der Waals surface area contributed by atoms with Crippen LogP contribution in [0, 0.1) is 5.82 Å². The van der Waals surface area contributed by atoms with E-state index >= 15 is 0 Å². The van der Waals surface area contributed by atoms with Crippen LogP contribution in [0.3, 0.4) is 0 Å². The molecule has 0 saturated heterocycles. The van der Waals surface area contributed by atoms with Crippen LogP contribution in [0.1, 0.15) is 46.0 Å². The van der Waals surface area contributed by atoms with E-state index in [1.165, 1.54) is 37.5 Å². The molecule has 1 atom stereocenters. The molecular weight excluding hydrogens is 277 g/mol. The van der Waals surface area contributed by atoms with Gasteiger partial charge in [-0.3, -0.25) is 0 Å². The summed E-state index contributed by atoms with van der Waals surface area (Å²) in [7, 11) is -3.31. The van der Waals surface area contributed by atoms with Crippen molar-refractivity contribution in [1.82, 2.24) is 0 Å². The van der Waals surface area contributed by atoms with Gasteiger partial charge in [0.25, 0.3) is 0 Å². The van der Waals surface area contributed by atoms with E-state index in [1.807, 2.05) is 6.92 Å². The van der Waals surface area contributed by atoms with Crippen LogP contribution in [0.25, 0.3) is 0 Å². The van der Waals surface area contributed by atoms with Gasteiger partial charge in [-0.25, -0.2) is 12.8 Å². The highest BCUT2D eigenvalue weighted by molar-refractivity contribution is 7.90. The van der Waals surface area contributed by atoms with Gasteiger partial charge < -0.3 is 5.32 Å². The Morgan fingerprint density at radius 3 is 2.55 bits per heavy atom. The van der Waals surface area contributed by atoms with Gasteiger partial charge in [0.15, 0.2) is 9.84 Å². The summed E-state index contributed by atoms with van der Waals surface area (Å²) in [5, 5.41) is 3.06. The maximum absolute atomic E-state index is 13.7. The monoisotopic (exact) mass is 301 g/mol. The number of unbranched alkanes of at least 4 members (excludes halogenated alkanes) is 3. The van der Waals surface area contributed by atoms with Gasteiger partial charge in [0.1, 0.15) is 5.82 Å². The second-order valence-corrected chi connectivity index (χ2v) is 7.32. The van der Waals surface area contributed by atoms with Crippen molar-refractivity contribution in [2.75, 3.05) is 11.6 Å². The fraction of sp³-hybridized carbons (Fsp3) is 0.600. The van der Waals surface area contributed by atoms with Gasteiger partial charge in [-0.15, -0.1) is 0 Å². The van der Waals surface area contributed by atoms with Gasteiger partial charge in [0.05, 0.1) is 10.6 Å². The van der Waals surface area contributed by atoms with Crippen molar-refractivity contribution < 1.29 is 12.8 Å². The van der Waals surface area contributed by atoms with E-state index in [4.69, 9.17) is 0 Å². The zero-order valence-corrected chi connectivity index (χ0v) is 13.3. The first-order valence-electron chi connectivity index (χ1n) is 7.10. The minimum atomic E-state index is -3.31. The average Bonchev–Trinajstić information content (AvgIpc) is 2.36. The predicted octanol–water partition coefficient (Wildman–Crippen LogP) is 4.00. The number of benzene rings is 1. The maximum Gasteiger partial charge on any atom is 0.175 e. The quantitative estimate of drug-likeness (QED) is 0.583. The molecule has 1 rings (SSSR count). The molecule has 1 unspecified atom stereocenters. The third-order valence-electron chi connectivity index (χ3n) is 3.26. The van der Waals surface area contributed by atoms with Crippen LogP contribution in [0.15, 0.2) is 23.1 Å². The summed E-state index contributed by atoms with van der Waals surface area (Å²) < 4.78 is 36.7. The van der Waals surface area contributed by atoms with Crippen LogP contribution in [0.2, 0.25) is 0 Å². The molecule has 0 aliphatic rings. The maximum atomic E-state index is 13.7. The Hall–Kier alpha value is -1.10. The summed E-state index contributed by atoms with van der Waals surface area (Å²) in [4.78, 5) is 0.139. The molecule has 20 heavy (non-hydrogen) atoms. The van der Waals surface area contributed by atoms with E-state index in [-0.39, 0.29) is 16.6 Å². The highest BCUT2D eigenvalue weighted by atomic mass is 32.2. The molecule has 1 aromatic rings. The number of hydrogen-bond donors (Lipinski definition) is 1. The van der Waals surface area contributed by atoms with E-state index in [0.29, 0.717) is 0 Å². The van der Waals surface area contributed by atoms with Crippen LogP contribution >= 0.6 is 0 Å². The Bertz CT molecular complexity index is 529. The standard InChI is InChI=1S/C15H24FNO2S/c1-4-5-6-7-8-12(2)17-15-11-13(20(3,18)19)9-10-14(15)16/h9-12,17H,4-8H2,1-3H3. The molecular formula is C15H24FNO2S. The van der Waals surface area contributed by atoms with E-state index in [2.05, 4.69) is 12.2 Å². The summed E-state index contributed by atoms with van der Waals surface area (Å²) in [6.07, 6.45) is 6.74. The second-order valence-electron chi connectivity index (χ2n) is 5.31. The van der Waals surface area contributed by atoms with Crippen LogP contribution in [0.4, 0.5) is 10.1 Å². The fourth-order valence-corrected chi connectivity index (χ4v) is 2.71.